The standard InChI is InChI=1S/C11H12N2O4S/c1-7(11(15)16)17-4-2-9(14)13-10-8(6-12)3-5-18-10/h3,5,7H,2,4H2,1H3,(H,13,14)(H,15,16)/t7-/m1/s1. The van der Waals surface area contributed by atoms with Gasteiger partial charge in [0.25, 0.3) is 0 Å². The van der Waals surface area contributed by atoms with E-state index in [4.69, 9.17) is 15.1 Å². The molecule has 0 aliphatic rings. The summed E-state index contributed by atoms with van der Waals surface area (Å²) in [6.45, 7) is 1.42. The van der Waals surface area contributed by atoms with Crippen LogP contribution < -0.4 is 5.32 Å². The van der Waals surface area contributed by atoms with Crippen LogP contribution in [0.15, 0.2) is 11.4 Å². The van der Waals surface area contributed by atoms with Crippen molar-refractivity contribution in [2.45, 2.75) is 19.4 Å². The van der Waals surface area contributed by atoms with Gasteiger partial charge < -0.3 is 15.2 Å². The summed E-state index contributed by atoms with van der Waals surface area (Å²) in [7, 11) is 0. The molecule has 1 amide bonds. The van der Waals surface area contributed by atoms with Gasteiger partial charge in [-0.25, -0.2) is 4.79 Å². The molecular weight excluding hydrogens is 256 g/mol. The van der Waals surface area contributed by atoms with Gasteiger partial charge in [-0.05, 0) is 18.4 Å². The number of rotatable bonds is 6. The van der Waals surface area contributed by atoms with Gasteiger partial charge >= 0.3 is 5.97 Å². The minimum Gasteiger partial charge on any atom is -0.479 e. The number of carbonyl (C=O) groups is 2. The van der Waals surface area contributed by atoms with Gasteiger partial charge in [0.2, 0.25) is 5.91 Å². The molecule has 1 aromatic rings. The van der Waals surface area contributed by atoms with Crippen molar-refractivity contribution in [3.63, 3.8) is 0 Å². The maximum atomic E-state index is 11.5. The fourth-order valence-corrected chi connectivity index (χ4v) is 1.84. The highest BCUT2D eigenvalue weighted by molar-refractivity contribution is 7.14. The Labute approximate surface area is 108 Å². The molecule has 1 aromatic heterocycles. The molecule has 6 nitrogen and oxygen atoms in total. The Morgan fingerprint density at radius 2 is 2.39 bits per heavy atom. The van der Waals surface area contributed by atoms with E-state index in [1.807, 2.05) is 6.07 Å². The summed E-state index contributed by atoms with van der Waals surface area (Å²) in [5.74, 6) is -1.38. The van der Waals surface area contributed by atoms with Crippen molar-refractivity contribution in [3.8, 4) is 6.07 Å². The predicted octanol–water partition coefficient (Wildman–Crippen LogP) is 1.44. The van der Waals surface area contributed by atoms with Crippen molar-refractivity contribution >= 4 is 28.2 Å². The highest BCUT2D eigenvalue weighted by Crippen LogP contribution is 2.22. The zero-order valence-corrected chi connectivity index (χ0v) is 10.5. The maximum Gasteiger partial charge on any atom is 0.332 e. The Hall–Kier alpha value is -1.91. The van der Waals surface area contributed by atoms with E-state index in [1.165, 1.54) is 18.3 Å². The van der Waals surface area contributed by atoms with Crippen molar-refractivity contribution in [1.82, 2.24) is 0 Å². The molecular formula is C11H12N2O4S. The lowest BCUT2D eigenvalue weighted by Gasteiger charge is -2.08. The van der Waals surface area contributed by atoms with Gasteiger partial charge in [-0.1, -0.05) is 0 Å². The summed E-state index contributed by atoms with van der Waals surface area (Å²) in [6, 6.07) is 3.57. The quantitative estimate of drug-likeness (QED) is 0.813. The molecule has 0 spiro atoms. The smallest absolute Gasteiger partial charge is 0.332 e. The van der Waals surface area contributed by atoms with Gasteiger partial charge in [0, 0.05) is 0 Å². The van der Waals surface area contributed by atoms with Crippen LogP contribution in [0, 0.1) is 11.3 Å². The normalized spacial score (nSPS) is 11.6. The Balaban J connectivity index is 2.35. The van der Waals surface area contributed by atoms with E-state index in [-0.39, 0.29) is 18.9 Å². The van der Waals surface area contributed by atoms with Crippen molar-refractivity contribution in [2.24, 2.45) is 0 Å². The Bertz CT molecular complexity index is 478. The van der Waals surface area contributed by atoms with E-state index in [0.717, 1.165) is 0 Å². The molecule has 1 rings (SSSR count). The zero-order valence-electron chi connectivity index (χ0n) is 9.67. The molecule has 18 heavy (non-hydrogen) atoms. The number of hydrogen-bond acceptors (Lipinski definition) is 5. The second-order valence-electron chi connectivity index (χ2n) is 3.42. The van der Waals surface area contributed by atoms with Crippen LogP contribution in [0.1, 0.15) is 18.9 Å². The van der Waals surface area contributed by atoms with Crippen molar-refractivity contribution < 1.29 is 19.4 Å². The molecule has 0 aliphatic heterocycles. The van der Waals surface area contributed by atoms with Crippen LogP contribution in [0.3, 0.4) is 0 Å². The Morgan fingerprint density at radius 3 is 3.00 bits per heavy atom. The largest absolute Gasteiger partial charge is 0.479 e. The lowest BCUT2D eigenvalue weighted by Crippen LogP contribution is -2.22. The van der Waals surface area contributed by atoms with Gasteiger partial charge in [-0.2, -0.15) is 5.26 Å². The molecule has 1 atom stereocenters. The second kappa shape index (κ2) is 6.74. The number of carbonyl (C=O) groups excluding carboxylic acids is 1. The van der Waals surface area contributed by atoms with Crippen molar-refractivity contribution in [2.75, 3.05) is 11.9 Å². The van der Waals surface area contributed by atoms with Crippen LogP contribution >= 0.6 is 11.3 Å². The van der Waals surface area contributed by atoms with Crippen LogP contribution in [-0.4, -0.2) is 29.7 Å². The molecule has 1 heterocycles. The first-order valence-corrected chi connectivity index (χ1v) is 6.04. The number of nitrogens with one attached hydrogen (secondary N) is 1. The molecule has 0 aliphatic carbocycles. The lowest BCUT2D eigenvalue weighted by molar-refractivity contribution is -0.149. The van der Waals surface area contributed by atoms with Gasteiger partial charge in [0.05, 0.1) is 18.6 Å². The number of anilines is 1. The van der Waals surface area contributed by atoms with Gasteiger partial charge in [0.15, 0.2) is 6.10 Å². The second-order valence-corrected chi connectivity index (χ2v) is 4.34. The fourth-order valence-electron chi connectivity index (χ4n) is 1.08. The van der Waals surface area contributed by atoms with Gasteiger partial charge in [-0.15, -0.1) is 11.3 Å². The third kappa shape index (κ3) is 4.16. The first-order chi connectivity index (χ1) is 8.54. The van der Waals surface area contributed by atoms with Crippen molar-refractivity contribution in [3.05, 3.63) is 17.0 Å². The summed E-state index contributed by atoms with van der Waals surface area (Å²) < 4.78 is 4.93. The minimum atomic E-state index is -1.07. The number of hydrogen-bond donors (Lipinski definition) is 2. The van der Waals surface area contributed by atoms with Crippen molar-refractivity contribution in [1.29, 1.82) is 5.26 Å². The molecule has 0 aromatic carbocycles. The Kier molecular flexibility index (Phi) is 5.30. The molecule has 96 valence electrons. The molecule has 0 bridgehead atoms. The summed E-state index contributed by atoms with van der Waals surface area (Å²) in [5.41, 5.74) is 0.410. The lowest BCUT2D eigenvalue weighted by atomic mass is 10.3. The van der Waals surface area contributed by atoms with E-state index < -0.39 is 12.1 Å². The van der Waals surface area contributed by atoms with Crippen LogP contribution in [-0.2, 0) is 14.3 Å². The molecule has 0 radical (unpaired) electrons. The number of amides is 1. The molecule has 0 fully saturated rings. The zero-order chi connectivity index (χ0) is 13.5. The van der Waals surface area contributed by atoms with E-state index in [0.29, 0.717) is 10.6 Å². The predicted molar refractivity (Wildman–Crippen MR) is 65.3 cm³/mol. The van der Waals surface area contributed by atoms with Crippen LogP contribution in [0.5, 0.6) is 0 Å². The first kappa shape index (κ1) is 14.2. The summed E-state index contributed by atoms with van der Waals surface area (Å²) in [5, 5.41) is 22.1. The fraction of sp³-hybridized carbons (Fsp3) is 0.364. The topological polar surface area (TPSA) is 99.4 Å². The average Bonchev–Trinajstić information content (AvgIpc) is 2.75. The minimum absolute atomic E-state index is 0.0204. The highest BCUT2D eigenvalue weighted by Gasteiger charge is 2.12. The number of nitrogens with zero attached hydrogens (tertiary/aromatic N) is 1. The number of ether oxygens (including phenoxy) is 1. The average molecular weight is 268 g/mol. The highest BCUT2D eigenvalue weighted by atomic mass is 32.1. The van der Waals surface area contributed by atoms with E-state index in [9.17, 15) is 9.59 Å². The third-order valence-corrected chi connectivity index (χ3v) is 2.91. The first-order valence-electron chi connectivity index (χ1n) is 5.16. The Morgan fingerprint density at radius 1 is 1.67 bits per heavy atom. The molecule has 0 saturated heterocycles. The number of carboxylic acid groups (broad SMARTS) is 1. The summed E-state index contributed by atoms with van der Waals surface area (Å²) >= 11 is 1.26. The molecule has 7 heteroatoms. The van der Waals surface area contributed by atoms with Crippen LogP contribution in [0.25, 0.3) is 0 Å². The van der Waals surface area contributed by atoms with Crippen LogP contribution in [0.2, 0.25) is 0 Å². The monoisotopic (exact) mass is 268 g/mol. The number of aliphatic carboxylic acids is 1. The number of thiophene rings is 1. The van der Waals surface area contributed by atoms with Gasteiger partial charge in [-0.3, -0.25) is 4.79 Å². The third-order valence-electron chi connectivity index (χ3n) is 2.08. The number of nitriles is 1. The summed E-state index contributed by atoms with van der Waals surface area (Å²) in [4.78, 5) is 21.9. The summed E-state index contributed by atoms with van der Waals surface area (Å²) in [6.07, 6.45) is -0.894. The van der Waals surface area contributed by atoms with E-state index >= 15 is 0 Å². The van der Waals surface area contributed by atoms with E-state index in [1.54, 1.807) is 11.4 Å². The van der Waals surface area contributed by atoms with Crippen LogP contribution in [0.4, 0.5) is 5.00 Å². The number of carboxylic acids is 1. The maximum absolute atomic E-state index is 11.5. The SMILES string of the molecule is C[C@@H](OCCC(=O)Nc1sccc1C#N)C(=O)O. The molecule has 2 N–H and O–H groups in total. The molecule has 0 saturated carbocycles. The van der Waals surface area contributed by atoms with Gasteiger partial charge in [0.1, 0.15) is 11.1 Å². The van der Waals surface area contributed by atoms with E-state index in [2.05, 4.69) is 5.32 Å². The molecule has 0 unspecified atom stereocenters.